The third-order valence-corrected chi connectivity index (χ3v) is 3.71. The molecular formula is C15H24N2O. The van der Waals surface area contributed by atoms with E-state index in [1.54, 1.807) is 0 Å². The Labute approximate surface area is 110 Å². The van der Waals surface area contributed by atoms with E-state index >= 15 is 0 Å². The Kier molecular flexibility index (Phi) is 4.75. The fraction of sp³-hybridized carbons (Fsp3) is 0.600. The highest BCUT2D eigenvalue weighted by Crippen LogP contribution is 2.27. The van der Waals surface area contributed by atoms with Crippen LogP contribution >= 0.6 is 0 Å². The highest BCUT2D eigenvalue weighted by atomic mass is 16.3. The molecule has 1 aromatic carbocycles. The van der Waals surface area contributed by atoms with Gasteiger partial charge in [0, 0.05) is 26.2 Å². The van der Waals surface area contributed by atoms with Crippen molar-refractivity contribution < 1.29 is 5.11 Å². The molecule has 0 amide bonds. The lowest BCUT2D eigenvalue weighted by Gasteiger charge is -2.37. The van der Waals surface area contributed by atoms with E-state index in [1.165, 1.54) is 11.1 Å². The van der Waals surface area contributed by atoms with Gasteiger partial charge in [0.15, 0.2) is 0 Å². The van der Waals surface area contributed by atoms with Crippen LogP contribution in [0.15, 0.2) is 24.3 Å². The number of nitrogens with one attached hydrogen (secondary N) is 1. The average Bonchev–Trinajstić information content (AvgIpc) is 2.40. The number of rotatable bonds is 4. The molecule has 18 heavy (non-hydrogen) atoms. The molecule has 1 fully saturated rings. The number of aliphatic hydroxyl groups excluding tert-OH is 1. The molecule has 2 rings (SSSR count). The highest BCUT2D eigenvalue weighted by molar-refractivity contribution is 5.26. The van der Waals surface area contributed by atoms with Gasteiger partial charge in [-0.3, -0.25) is 4.90 Å². The van der Waals surface area contributed by atoms with Gasteiger partial charge in [0.1, 0.15) is 0 Å². The van der Waals surface area contributed by atoms with Gasteiger partial charge in [0.25, 0.3) is 0 Å². The number of aliphatic hydroxyl groups is 1. The van der Waals surface area contributed by atoms with Crippen LogP contribution in [0.2, 0.25) is 0 Å². The van der Waals surface area contributed by atoms with E-state index in [0.29, 0.717) is 0 Å². The van der Waals surface area contributed by atoms with Gasteiger partial charge in [-0.05, 0) is 18.9 Å². The summed E-state index contributed by atoms with van der Waals surface area (Å²) in [5.74, 6) is 0. The molecule has 2 atom stereocenters. The molecule has 0 bridgehead atoms. The van der Waals surface area contributed by atoms with Crippen molar-refractivity contribution >= 4 is 0 Å². The van der Waals surface area contributed by atoms with Gasteiger partial charge in [-0.1, -0.05) is 36.8 Å². The Balaban J connectivity index is 2.23. The van der Waals surface area contributed by atoms with Crippen LogP contribution in [0.5, 0.6) is 0 Å². The molecule has 1 heterocycles. The second kappa shape index (κ2) is 6.32. The summed E-state index contributed by atoms with van der Waals surface area (Å²) < 4.78 is 0. The maximum absolute atomic E-state index is 10.4. The van der Waals surface area contributed by atoms with Gasteiger partial charge < -0.3 is 10.4 Å². The zero-order chi connectivity index (χ0) is 13.0. The van der Waals surface area contributed by atoms with Crippen molar-refractivity contribution in [2.24, 2.45) is 0 Å². The van der Waals surface area contributed by atoms with Crippen LogP contribution in [0.1, 0.15) is 30.5 Å². The first-order valence-corrected chi connectivity index (χ1v) is 6.91. The predicted molar refractivity (Wildman–Crippen MR) is 74.7 cm³/mol. The number of piperazine rings is 1. The third kappa shape index (κ3) is 3.10. The molecule has 0 spiro atoms. The Morgan fingerprint density at radius 3 is 2.67 bits per heavy atom. The van der Waals surface area contributed by atoms with E-state index in [-0.39, 0.29) is 12.1 Å². The van der Waals surface area contributed by atoms with Crippen molar-refractivity contribution in [1.82, 2.24) is 10.2 Å². The summed E-state index contributed by atoms with van der Waals surface area (Å²) in [6, 6.07) is 8.67. The molecule has 3 heteroatoms. The number of benzene rings is 1. The molecule has 0 aromatic heterocycles. The molecule has 2 N–H and O–H groups in total. The molecular weight excluding hydrogens is 224 g/mol. The van der Waals surface area contributed by atoms with Crippen LogP contribution in [-0.2, 0) is 0 Å². The first-order chi connectivity index (χ1) is 8.72. The van der Waals surface area contributed by atoms with Gasteiger partial charge >= 0.3 is 0 Å². The lowest BCUT2D eigenvalue weighted by atomic mass is 9.96. The quantitative estimate of drug-likeness (QED) is 0.851. The number of nitrogens with zero attached hydrogens (tertiary/aromatic N) is 1. The number of hydrogen-bond acceptors (Lipinski definition) is 3. The van der Waals surface area contributed by atoms with E-state index in [0.717, 1.165) is 32.6 Å². The lowest BCUT2D eigenvalue weighted by molar-refractivity contribution is 0.0388. The maximum atomic E-state index is 10.4. The predicted octanol–water partition coefficient (Wildman–Crippen LogP) is 1.71. The normalized spacial score (nSPS) is 20.6. The van der Waals surface area contributed by atoms with Crippen molar-refractivity contribution in [3.8, 4) is 0 Å². The molecule has 1 aliphatic rings. The smallest absolute Gasteiger partial charge is 0.0734 e. The van der Waals surface area contributed by atoms with Crippen LogP contribution in [0, 0.1) is 6.92 Å². The highest BCUT2D eigenvalue weighted by Gasteiger charge is 2.27. The number of aryl methyl sites for hydroxylation is 1. The minimum Gasteiger partial charge on any atom is -0.391 e. The molecule has 100 valence electrons. The van der Waals surface area contributed by atoms with E-state index in [9.17, 15) is 5.11 Å². The van der Waals surface area contributed by atoms with Gasteiger partial charge in [0.05, 0.1) is 12.1 Å². The van der Waals surface area contributed by atoms with Crippen molar-refractivity contribution in [2.45, 2.75) is 32.4 Å². The first kappa shape index (κ1) is 13.5. The van der Waals surface area contributed by atoms with Crippen molar-refractivity contribution in [3.63, 3.8) is 0 Å². The summed E-state index contributed by atoms with van der Waals surface area (Å²) in [5.41, 5.74) is 2.50. The zero-order valence-electron chi connectivity index (χ0n) is 11.4. The van der Waals surface area contributed by atoms with Crippen LogP contribution < -0.4 is 5.32 Å². The summed E-state index contributed by atoms with van der Waals surface area (Å²) in [6.45, 7) is 8.20. The summed E-state index contributed by atoms with van der Waals surface area (Å²) in [7, 11) is 0. The van der Waals surface area contributed by atoms with Gasteiger partial charge in [-0.15, -0.1) is 0 Å². The summed E-state index contributed by atoms with van der Waals surface area (Å²) in [6.07, 6.45) is 0.507. The fourth-order valence-corrected chi connectivity index (χ4v) is 2.71. The monoisotopic (exact) mass is 248 g/mol. The SMILES string of the molecule is CCC(O)C(c1cccc(C)c1)N1CCNCC1. The third-order valence-electron chi connectivity index (χ3n) is 3.71. The molecule has 0 radical (unpaired) electrons. The molecule has 1 saturated heterocycles. The van der Waals surface area contributed by atoms with Crippen molar-refractivity contribution in [3.05, 3.63) is 35.4 Å². The van der Waals surface area contributed by atoms with Gasteiger partial charge in [-0.2, -0.15) is 0 Å². The van der Waals surface area contributed by atoms with Crippen molar-refractivity contribution in [2.75, 3.05) is 26.2 Å². The van der Waals surface area contributed by atoms with E-state index in [1.807, 2.05) is 0 Å². The fourth-order valence-electron chi connectivity index (χ4n) is 2.71. The minimum absolute atomic E-state index is 0.136. The Hall–Kier alpha value is -0.900. The van der Waals surface area contributed by atoms with E-state index in [2.05, 4.69) is 48.3 Å². The first-order valence-electron chi connectivity index (χ1n) is 6.91. The largest absolute Gasteiger partial charge is 0.391 e. The van der Waals surface area contributed by atoms with Gasteiger partial charge in [-0.25, -0.2) is 0 Å². The maximum Gasteiger partial charge on any atom is 0.0734 e. The molecule has 2 unspecified atom stereocenters. The average molecular weight is 248 g/mol. The zero-order valence-corrected chi connectivity index (χ0v) is 11.4. The summed E-state index contributed by atoms with van der Waals surface area (Å²) in [4.78, 5) is 2.40. The second-order valence-electron chi connectivity index (χ2n) is 5.12. The summed E-state index contributed by atoms with van der Waals surface area (Å²) in [5, 5.41) is 13.7. The Morgan fingerprint density at radius 1 is 1.33 bits per heavy atom. The summed E-state index contributed by atoms with van der Waals surface area (Å²) >= 11 is 0. The second-order valence-corrected chi connectivity index (χ2v) is 5.12. The lowest BCUT2D eigenvalue weighted by Crippen LogP contribution is -2.48. The molecule has 1 aliphatic heterocycles. The van der Waals surface area contributed by atoms with Gasteiger partial charge in [0.2, 0.25) is 0 Å². The van der Waals surface area contributed by atoms with Crippen LogP contribution in [-0.4, -0.2) is 42.3 Å². The van der Waals surface area contributed by atoms with Crippen LogP contribution in [0.4, 0.5) is 0 Å². The number of hydrogen-bond donors (Lipinski definition) is 2. The molecule has 3 nitrogen and oxygen atoms in total. The van der Waals surface area contributed by atoms with E-state index < -0.39 is 0 Å². The molecule has 0 aliphatic carbocycles. The standard InChI is InChI=1S/C15H24N2O/c1-3-14(18)15(17-9-7-16-8-10-17)13-6-4-5-12(2)11-13/h4-6,11,14-16,18H,3,7-10H2,1-2H3. The van der Waals surface area contributed by atoms with E-state index in [4.69, 9.17) is 0 Å². The molecule has 1 aromatic rings. The topological polar surface area (TPSA) is 35.5 Å². The Bertz CT molecular complexity index is 375. The van der Waals surface area contributed by atoms with Crippen molar-refractivity contribution in [1.29, 1.82) is 0 Å². The minimum atomic E-state index is -0.287. The molecule has 0 saturated carbocycles. The van der Waals surface area contributed by atoms with Crippen LogP contribution in [0.3, 0.4) is 0 Å². The van der Waals surface area contributed by atoms with Crippen LogP contribution in [0.25, 0.3) is 0 Å². The Morgan fingerprint density at radius 2 is 2.06 bits per heavy atom.